The average Bonchev–Trinajstić information content (AvgIpc) is 2.95. The van der Waals surface area contributed by atoms with Crippen LogP contribution in [0, 0.1) is 0 Å². The molecule has 2 heterocycles. The Kier molecular flexibility index (Phi) is 4.03. The van der Waals surface area contributed by atoms with Gasteiger partial charge in [0.25, 0.3) is 5.91 Å². The number of aliphatic hydroxyl groups is 1. The van der Waals surface area contributed by atoms with E-state index in [1.807, 2.05) is 0 Å². The van der Waals surface area contributed by atoms with Crippen LogP contribution in [0.2, 0.25) is 0 Å². The van der Waals surface area contributed by atoms with Crippen molar-refractivity contribution in [2.75, 3.05) is 13.2 Å². The number of carbonyl (C=O) groups excluding carboxylic acids is 2. The van der Waals surface area contributed by atoms with Gasteiger partial charge in [0.1, 0.15) is 6.54 Å². The Morgan fingerprint density at radius 2 is 2.33 bits per heavy atom. The van der Waals surface area contributed by atoms with Crippen LogP contribution in [0.1, 0.15) is 25.0 Å². The van der Waals surface area contributed by atoms with Crippen LogP contribution in [0.3, 0.4) is 0 Å². The fraction of sp³-hybridized carbons (Fsp3) is 0.636. The summed E-state index contributed by atoms with van der Waals surface area (Å²) in [6.45, 7) is 0.648. The van der Waals surface area contributed by atoms with Gasteiger partial charge in [0.15, 0.2) is 0 Å². The third-order valence-electron chi connectivity index (χ3n) is 2.85. The highest BCUT2D eigenvalue weighted by Gasteiger charge is 2.26. The van der Waals surface area contributed by atoms with Crippen molar-refractivity contribution >= 4 is 11.8 Å². The molecule has 2 rings (SSSR count). The number of aryl methyl sites for hydroxylation is 1. The van der Waals surface area contributed by atoms with Gasteiger partial charge in [-0.05, 0) is 19.3 Å². The van der Waals surface area contributed by atoms with E-state index in [0.29, 0.717) is 25.8 Å². The van der Waals surface area contributed by atoms with Crippen LogP contribution >= 0.6 is 0 Å². The third kappa shape index (κ3) is 2.92. The number of nitrogens with zero attached hydrogens (tertiary/aromatic N) is 4. The molecule has 0 spiro atoms. The number of rotatable bonds is 5. The highest BCUT2D eigenvalue weighted by molar-refractivity contribution is 5.96. The SMILES string of the molecule is O=C1CCCN1C(=O)Cn1cc(CCCO)nn1. The van der Waals surface area contributed by atoms with E-state index in [1.54, 1.807) is 6.20 Å². The van der Waals surface area contributed by atoms with Crippen molar-refractivity contribution < 1.29 is 14.7 Å². The molecule has 1 aliphatic heterocycles. The zero-order valence-electron chi connectivity index (χ0n) is 10.1. The van der Waals surface area contributed by atoms with E-state index in [4.69, 9.17) is 5.11 Å². The minimum atomic E-state index is -0.240. The minimum absolute atomic E-state index is 0.0395. The summed E-state index contributed by atoms with van der Waals surface area (Å²) in [5.41, 5.74) is 0.740. The van der Waals surface area contributed by atoms with Gasteiger partial charge in [-0.15, -0.1) is 5.10 Å². The van der Waals surface area contributed by atoms with E-state index in [1.165, 1.54) is 9.58 Å². The average molecular weight is 252 g/mol. The number of aromatic nitrogens is 3. The molecule has 1 N–H and O–H groups in total. The van der Waals surface area contributed by atoms with Crippen molar-refractivity contribution in [1.29, 1.82) is 0 Å². The van der Waals surface area contributed by atoms with Crippen LogP contribution in [-0.2, 0) is 22.6 Å². The molecule has 1 aromatic rings. The lowest BCUT2D eigenvalue weighted by Gasteiger charge is -2.12. The molecule has 0 atom stereocenters. The zero-order valence-corrected chi connectivity index (χ0v) is 10.1. The van der Waals surface area contributed by atoms with Gasteiger partial charge in [-0.1, -0.05) is 5.21 Å². The molecule has 0 unspecified atom stereocenters. The highest BCUT2D eigenvalue weighted by Crippen LogP contribution is 2.10. The predicted molar refractivity (Wildman–Crippen MR) is 61.4 cm³/mol. The highest BCUT2D eigenvalue weighted by atomic mass is 16.3. The fourth-order valence-electron chi connectivity index (χ4n) is 1.93. The Hall–Kier alpha value is -1.76. The van der Waals surface area contributed by atoms with E-state index >= 15 is 0 Å². The second-order valence-corrected chi connectivity index (χ2v) is 4.28. The number of aliphatic hydroxyl groups excluding tert-OH is 1. The van der Waals surface area contributed by atoms with Gasteiger partial charge in [0, 0.05) is 25.8 Å². The number of carbonyl (C=O) groups is 2. The molecular formula is C11H16N4O3. The zero-order chi connectivity index (χ0) is 13.0. The molecule has 0 aliphatic carbocycles. The maximum absolute atomic E-state index is 11.8. The Balaban J connectivity index is 1.90. The summed E-state index contributed by atoms with van der Waals surface area (Å²) >= 11 is 0. The largest absolute Gasteiger partial charge is 0.396 e. The first kappa shape index (κ1) is 12.7. The second-order valence-electron chi connectivity index (χ2n) is 4.28. The van der Waals surface area contributed by atoms with Gasteiger partial charge in [0.2, 0.25) is 5.91 Å². The molecule has 1 aliphatic rings. The first-order chi connectivity index (χ1) is 8.70. The topological polar surface area (TPSA) is 88.3 Å². The molecule has 2 amide bonds. The molecule has 1 saturated heterocycles. The molecule has 0 bridgehead atoms. The maximum atomic E-state index is 11.8. The monoisotopic (exact) mass is 252 g/mol. The van der Waals surface area contributed by atoms with Crippen molar-refractivity contribution in [3.63, 3.8) is 0 Å². The Bertz CT molecular complexity index is 443. The van der Waals surface area contributed by atoms with Crippen molar-refractivity contribution in [3.05, 3.63) is 11.9 Å². The molecule has 98 valence electrons. The number of amides is 2. The summed E-state index contributed by atoms with van der Waals surface area (Å²) in [5.74, 6) is -0.350. The summed E-state index contributed by atoms with van der Waals surface area (Å²) in [6, 6.07) is 0. The molecule has 1 aromatic heterocycles. The third-order valence-corrected chi connectivity index (χ3v) is 2.85. The van der Waals surface area contributed by atoms with E-state index in [0.717, 1.165) is 12.1 Å². The molecule has 1 fully saturated rings. The number of hydrogen-bond donors (Lipinski definition) is 1. The Morgan fingerprint density at radius 1 is 1.50 bits per heavy atom. The molecule has 0 radical (unpaired) electrons. The number of hydrogen-bond acceptors (Lipinski definition) is 5. The lowest BCUT2D eigenvalue weighted by atomic mass is 10.3. The summed E-state index contributed by atoms with van der Waals surface area (Å²) in [6.07, 6.45) is 4.12. The van der Waals surface area contributed by atoms with E-state index in [9.17, 15) is 9.59 Å². The first-order valence-electron chi connectivity index (χ1n) is 6.04. The van der Waals surface area contributed by atoms with Gasteiger partial charge in [0.05, 0.1) is 5.69 Å². The number of likely N-dealkylation sites (tertiary alicyclic amines) is 1. The van der Waals surface area contributed by atoms with Gasteiger partial charge in [-0.25, -0.2) is 4.68 Å². The van der Waals surface area contributed by atoms with Gasteiger partial charge in [-0.3, -0.25) is 14.5 Å². The summed E-state index contributed by atoms with van der Waals surface area (Å²) in [5, 5.41) is 16.4. The van der Waals surface area contributed by atoms with E-state index < -0.39 is 0 Å². The van der Waals surface area contributed by atoms with Crippen LogP contribution in [0.5, 0.6) is 0 Å². The second kappa shape index (κ2) is 5.72. The van der Waals surface area contributed by atoms with Crippen LogP contribution < -0.4 is 0 Å². The van der Waals surface area contributed by atoms with Gasteiger partial charge < -0.3 is 5.11 Å². The number of imide groups is 1. The summed E-state index contributed by atoms with van der Waals surface area (Å²) in [7, 11) is 0. The first-order valence-corrected chi connectivity index (χ1v) is 6.04. The molecule has 0 saturated carbocycles. The normalized spacial score (nSPS) is 15.4. The van der Waals surface area contributed by atoms with Crippen LogP contribution in [0.15, 0.2) is 6.20 Å². The molecular weight excluding hydrogens is 236 g/mol. The predicted octanol–water partition coefficient (Wildman–Crippen LogP) is -0.648. The van der Waals surface area contributed by atoms with E-state index in [-0.39, 0.29) is 25.0 Å². The smallest absolute Gasteiger partial charge is 0.250 e. The molecule has 7 nitrogen and oxygen atoms in total. The summed E-state index contributed by atoms with van der Waals surface area (Å²) in [4.78, 5) is 24.5. The summed E-state index contributed by atoms with van der Waals surface area (Å²) < 4.78 is 1.43. The minimum Gasteiger partial charge on any atom is -0.396 e. The van der Waals surface area contributed by atoms with E-state index in [2.05, 4.69) is 10.3 Å². The molecule has 0 aromatic carbocycles. The van der Waals surface area contributed by atoms with Crippen LogP contribution in [-0.4, -0.2) is 50.0 Å². The van der Waals surface area contributed by atoms with Gasteiger partial charge >= 0.3 is 0 Å². The standard InChI is InChI=1S/C11H16N4O3/c16-6-2-3-9-7-14(13-12-9)8-11(18)15-5-1-4-10(15)17/h7,16H,1-6,8H2. The Morgan fingerprint density at radius 3 is 3.00 bits per heavy atom. The van der Waals surface area contributed by atoms with Crippen molar-refractivity contribution in [1.82, 2.24) is 19.9 Å². The van der Waals surface area contributed by atoms with Crippen molar-refractivity contribution in [3.8, 4) is 0 Å². The van der Waals surface area contributed by atoms with Crippen LogP contribution in [0.25, 0.3) is 0 Å². The maximum Gasteiger partial charge on any atom is 0.250 e. The van der Waals surface area contributed by atoms with Crippen molar-refractivity contribution in [2.24, 2.45) is 0 Å². The lowest BCUT2D eigenvalue weighted by Crippen LogP contribution is -2.34. The quantitative estimate of drug-likeness (QED) is 0.752. The van der Waals surface area contributed by atoms with Gasteiger partial charge in [-0.2, -0.15) is 0 Å². The Labute approximate surface area is 104 Å². The van der Waals surface area contributed by atoms with Crippen molar-refractivity contribution in [2.45, 2.75) is 32.2 Å². The van der Waals surface area contributed by atoms with Crippen LogP contribution in [0.4, 0.5) is 0 Å². The molecule has 18 heavy (non-hydrogen) atoms. The fourth-order valence-corrected chi connectivity index (χ4v) is 1.93. The lowest BCUT2D eigenvalue weighted by molar-refractivity contribution is -0.142. The molecule has 7 heteroatoms.